The van der Waals surface area contributed by atoms with Crippen molar-refractivity contribution in [1.82, 2.24) is 0 Å². The monoisotopic (exact) mass is 127 g/mol. The minimum Gasteiger partial charge on any atom is -0.229 e. The van der Waals surface area contributed by atoms with Crippen molar-refractivity contribution in [2.75, 3.05) is 0 Å². The van der Waals surface area contributed by atoms with Crippen LogP contribution >= 0.6 is 12.2 Å². The molecule has 0 bridgehead atoms. The highest BCUT2D eigenvalue weighted by Crippen LogP contribution is 2.33. The molecule has 1 atom stereocenters. The fourth-order valence-electron chi connectivity index (χ4n) is 0.767. The van der Waals surface area contributed by atoms with E-state index in [2.05, 4.69) is 29.3 Å². The van der Waals surface area contributed by atoms with E-state index in [9.17, 15) is 0 Å². The Labute approximate surface area is 54.8 Å². The summed E-state index contributed by atoms with van der Waals surface area (Å²) >= 11 is 4.46. The summed E-state index contributed by atoms with van der Waals surface area (Å²) in [7, 11) is 0. The lowest BCUT2D eigenvalue weighted by Gasteiger charge is -1.95. The van der Waals surface area contributed by atoms with E-state index in [1.165, 1.54) is 12.8 Å². The highest BCUT2D eigenvalue weighted by atomic mass is 32.1. The largest absolute Gasteiger partial charge is 0.229 e. The van der Waals surface area contributed by atoms with Gasteiger partial charge in [0.25, 0.3) is 0 Å². The first-order valence-corrected chi connectivity index (χ1v) is 3.32. The van der Waals surface area contributed by atoms with Gasteiger partial charge < -0.3 is 0 Å². The molecule has 0 aromatic rings. The van der Waals surface area contributed by atoms with Crippen molar-refractivity contribution in [2.45, 2.75) is 25.8 Å². The van der Waals surface area contributed by atoms with Crippen LogP contribution in [0.1, 0.15) is 19.8 Å². The Morgan fingerprint density at radius 3 is 2.75 bits per heavy atom. The zero-order chi connectivity index (χ0) is 5.98. The molecule has 0 saturated heterocycles. The lowest BCUT2D eigenvalue weighted by molar-refractivity contribution is 0.657. The summed E-state index contributed by atoms with van der Waals surface area (Å²) in [6.45, 7) is 2.09. The fourth-order valence-corrected chi connectivity index (χ4v) is 0.933. The second kappa shape index (κ2) is 2.38. The van der Waals surface area contributed by atoms with E-state index in [1.54, 1.807) is 0 Å². The highest BCUT2D eigenvalue weighted by molar-refractivity contribution is 7.78. The van der Waals surface area contributed by atoms with Crippen LogP contribution in [0.5, 0.6) is 0 Å². The molecule has 0 spiro atoms. The van der Waals surface area contributed by atoms with E-state index in [1.807, 2.05) is 0 Å². The quantitative estimate of drug-likeness (QED) is 0.407. The van der Waals surface area contributed by atoms with Gasteiger partial charge in [-0.25, -0.2) is 4.99 Å². The van der Waals surface area contributed by atoms with E-state index in [0.717, 1.165) is 5.92 Å². The Hall–Kier alpha value is -0.200. The molecule has 8 heavy (non-hydrogen) atoms. The molecule has 1 fully saturated rings. The van der Waals surface area contributed by atoms with E-state index in [-0.39, 0.29) is 0 Å². The molecule has 44 valence electrons. The van der Waals surface area contributed by atoms with Crippen molar-refractivity contribution < 1.29 is 0 Å². The molecule has 1 aliphatic carbocycles. The van der Waals surface area contributed by atoms with Crippen molar-refractivity contribution in [3.63, 3.8) is 0 Å². The van der Waals surface area contributed by atoms with Crippen LogP contribution in [0.4, 0.5) is 0 Å². The van der Waals surface area contributed by atoms with Crippen molar-refractivity contribution in [1.29, 1.82) is 0 Å². The first-order valence-electron chi connectivity index (χ1n) is 2.91. The van der Waals surface area contributed by atoms with Gasteiger partial charge in [0.05, 0.1) is 11.2 Å². The molecule has 0 aliphatic heterocycles. The summed E-state index contributed by atoms with van der Waals surface area (Å²) in [5.41, 5.74) is 0. The molecule has 0 radical (unpaired) electrons. The first kappa shape index (κ1) is 5.93. The van der Waals surface area contributed by atoms with Gasteiger partial charge in [-0.1, -0.05) is 0 Å². The van der Waals surface area contributed by atoms with Crippen LogP contribution in [0, 0.1) is 5.92 Å². The lowest BCUT2D eigenvalue weighted by Crippen LogP contribution is -1.97. The van der Waals surface area contributed by atoms with Crippen molar-refractivity contribution in [2.24, 2.45) is 10.9 Å². The summed E-state index contributed by atoms with van der Waals surface area (Å²) in [4.78, 5) is 3.95. The number of hydrogen-bond acceptors (Lipinski definition) is 2. The molecular formula is C6H9NS. The molecule has 1 unspecified atom stereocenters. The summed E-state index contributed by atoms with van der Waals surface area (Å²) in [5, 5.41) is 2.40. The van der Waals surface area contributed by atoms with Crippen molar-refractivity contribution >= 4 is 17.4 Å². The number of hydrogen-bond donors (Lipinski definition) is 0. The molecule has 1 saturated carbocycles. The Bertz CT molecular complexity index is 122. The molecule has 1 nitrogen and oxygen atoms in total. The van der Waals surface area contributed by atoms with E-state index >= 15 is 0 Å². The predicted octanol–water partition coefficient (Wildman–Crippen LogP) is 1.89. The van der Waals surface area contributed by atoms with Crippen LogP contribution in [-0.2, 0) is 0 Å². The molecule has 1 aliphatic rings. The van der Waals surface area contributed by atoms with E-state index in [0.29, 0.717) is 6.04 Å². The smallest absolute Gasteiger partial charge is 0.0602 e. The second-order valence-corrected chi connectivity index (χ2v) is 2.48. The van der Waals surface area contributed by atoms with E-state index in [4.69, 9.17) is 0 Å². The topological polar surface area (TPSA) is 12.4 Å². The summed E-state index contributed by atoms with van der Waals surface area (Å²) in [6.07, 6.45) is 2.67. The van der Waals surface area contributed by atoms with E-state index < -0.39 is 0 Å². The zero-order valence-electron chi connectivity index (χ0n) is 4.92. The highest BCUT2D eigenvalue weighted by Gasteiger charge is 2.27. The van der Waals surface area contributed by atoms with Gasteiger partial charge in [-0.3, -0.25) is 0 Å². The maximum Gasteiger partial charge on any atom is 0.0602 e. The average molecular weight is 127 g/mol. The summed E-state index contributed by atoms with van der Waals surface area (Å²) in [6, 6.07) is 0.438. The predicted molar refractivity (Wildman–Crippen MR) is 37.2 cm³/mol. The number of aliphatic imine (C=N–C) groups is 1. The number of isothiocyanates is 1. The standard InChI is InChI=1S/C6H9NS/c1-5(7-4-8)6-2-3-6/h5-6H,2-3H2,1H3. The van der Waals surface area contributed by atoms with Crippen LogP contribution < -0.4 is 0 Å². The van der Waals surface area contributed by atoms with Crippen molar-refractivity contribution in [3.05, 3.63) is 0 Å². The maximum atomic E-state index is 4.46. The summed E-state index contributed by atoms with van der Waals surface area (Å²) in [5.74, 6) is 0.824. The minimum atomic E-state index is 0.438. The van der Waals surface area contributed by atoms with Gasteiger partial charge in [-0.05, 0) is 37.9 Å². The third-order valence-electron chi connectivity index (χ3n) is 1.56. The van der Waals surface area contributed by atoms with Crippen LogP contribution in [0.25, 0.3) is 0 Å². The van der Waals surface area contributed by atoms with Gasteiger partial charge in [0.2, 0.25) is 0 Å². The minimum absolute atomic E-state index is 0.438. The Balaban J connectivity index is 2.32. The van der Waals surface area contributed by atoms with Gasteiger partial charge in [0.15, 0.2) is 0 Å². The summed E-state index contributed by atoms with van der Waals surface area (Å²) < 4.78 is 0. The molecule has 0 aromatic heterocycles. The normalized spacial score (nSPS) is 21.6. The van der Waals surface area contributed by atoms with Gasteiger partial charge in [-0.2, -0.15) is 0 Å². The van der Waals surface area contributed by atoms with Crippen LogP contribution in [0.2, 0.25) is 0 Å². The lowest BCUT2D eigenvalue weighted by atomic mass is 10.2. The van der Waals surface area contributed by atoms with Gasteiger partial charge in [0.1, 0.15) is 0 Å². The Kier molecular flexibility index (Phi) is 1.77. The number of nitrogens with zero attached hydrogens (tertiary/aromatic N) is 1. The molecule has 1 rings (SSSR count). The van der Waals surface area contributed by atoms with Gasteiger partial charge in [0, 0.05) is 0 Å². The molecule has 0 N–H and O–H groups in total. The molecule has 0 heterocycles. The molecule has 0 amide bonds. The van der Waals surface area contributed by atoms with Gasteiger partial charge in [-0.15, -0.1) is 0 Å². The van der Waals surface area contributed by atoms with Crippen molar-refractivity contribution in [3.8, 4) is 0 Å². The third kappa shape index (κ3) is 1.39. The fraction of sp³-hybridized carbons (Fsp3) is 0.833. The maximum absolute atomic E-state index is 4.46. The molecule has 0 aromatic carbocycles. The third-order valence-corrected chi connectivity index (χ3v) is 1.67. The second-order valence-electron chi connectivity index (χ2n) is 2.30. The molecular weight excluding hydrogens is 118 g/mol. The average Bonchev–Trinajstić information content (AvgIpc) is 2.45. The van der Waals surface area contributed by atoms with Crippen LogP contribution in [0.3, 0.4) is 0 Å². The Morgan fingerprint density at radius 1 is 1.75 bits per heavy atom. The Morgan fingerprint density at radius 2 is 2.38 bits per heavy atom. The number of thiocarbonyl (C=S) groups is 1. The molecule has 2 heteroatoms. The van der Waals surface area contributed by atoms with Crippen LogP contribution in [-0.4, -0.2) is 11.2 Å². The van der Waals surface area contributed by atoms with Crippen LogP contribution in [0.15, 0.2) is 4.99 Å². The van der Waals surface area contributed by atoms with Gasteiger partial charge >= 0.3 is 0 Å². The number of rotatable bonds is 2. The first-order chi connectivity index (χ1) is 3.84. The zero-order valence-corrected chi connectivity index (χ0v) is 5.74. The SMILES string of the molecule is CC(N=C=S)C1CC1.